The summed E-state index contributed by atoms with van der Waals surface area (Å²) in [7, 11) is 1.50. The van der Waals surface area contributed by atoms with Gasteiger partial charge in [0.1, 0.15) is 6.61 Å². The predicted octanol–water partition coefficient (Wildman–Crippen LogP) is 4.71. The number of anilines is 2. The number of hydrogen-bond donors (Lipinski definition) is 2. The molecule has 1 aliphatic heterocycles. The molecular weight excluding hydrogens is 496 g/mol. The number of aryl methyl sites for hydroxylation is 1. The average molecular weight is 527 g/mol. The van der Waals surface area contributed by atoms with Crippen LogP contribution in [0.4, 0.5) is 11.4 Å². The first-order chi connectivity index (χ1) is 18.5. The minimum absolute atomic E-state index is 0.00478. The smallest absolute Gasteiger partial charge is 0.250 e. The number of nitrogens with one attached hydrogen (secondary N) is 2. The van der Waals surface area contributed by atoms with Crippen molar-refractivity contribution in [1.29, 1.82) is 0 Å². The number of pyridine rings is 2. The van der Waals surface area contributed by atoms with E-state index in [1.165, 1.54) is 29.6 Å². The number of carbonyl (C=O) groups excluding carboxylic acids is 1. The molecule has 8 nitrogen and oxygen atoms in total. The molecule has 4 heterocycles. The Hall–Kier alpha value is -4.08. The van der Waals surface area contributed by atoms with Gasteiger partial charge in [-0.25, -0.2) is 0 Å². The first-order valence-electron chi connectivity index (χ1n) is 12.4. The Morgan fingerprint density at radius 2 is 1.84 bits per heavy atom. The zero-order valence-corrected chi connectivity index (χ0v) is 22.4. The highest BCUT2D eigenvalue weighted by Crippen LogP contribution is 2.43. The van der Waals surface area contributed by atoms with Crippen molar-refractivity contribution in [3.05, 3.63) is 107 Å². The minimum Gasteiger partial charge on any atom is -0.375 e. The summed E-state index contributed by atoms with van der Waals surface area (Å²) in [5.74, 6) is -0.201. The number of rotatable bonds is 8. The van der Waals surface area contributed by atoms with Crippen LogP contribution >= 0.6 is 12.2 Å². The van der Waals surface area contributed by atoms with Gasteiger partial charge >= 0.3 is 0 Å². The van der Waals surface area contributed by atoms with Crippen molar-refractivity contribution in [3.63, 3.8) is 0 Å². The van der Waals surface area contributed by atoms with E-state index >= 15 is 0 Å². The van der Waals surface area contributed by atoms with Crippen molar-refractivity contribution in [2.75, 3.05) is 23.9 Å². The van der Waals surface area contributed by atoms with Gasteiger partial charge < -0.3 is 24.8 Å². The molecular formula is C29H30N6O2S. The van der Waals surface area contributed by atoms with Crippen molar-refractivity contribution < 1.29 is 9.53 Å². The summed E-state index contributed by atoms with van der Waals surface area (Å²) in [6.45, 7) is 5.06. The highest BCUT2D eigenvalue weighted by molar-refractivity contribution is 7.80. The van der Waals surface area contributed by atoms with Crippen molar-refractivity contribution in [2.45, 2.75) is 32.5 Å². The monoisotopic (exact) mass is 526 g/mol. The van der Waals surface area contributed by atoms with Gasteiger partial charge in [-0.3, -0.25) is 14.8 Å². The van der Waals surface area contributed by atoms with Crippen LogP contribution < -0.4 is 15.5 Å². The number of hydrogen-bond acceptors (Lipinski definition) is 5. The van der Waals surface area contributed by atoms with Crippen LogP contribution in [0.3, 0.4) is 0 Å². The van der Waals surface area contributed by atoms with E-state index in [0.29, 0.717) is 10.8 Å². The lowest BCUT2D eigenvalue weighted by atomic mass is 9.96. The van der Waals surface area contributed by atoms with Crippen LogP contribution in [0.5, 0.6) is 0 Å². The number of nitrogens with zero attached hydrogens (tertiary/aromatic N) is 4. The molecule has 2 N–H and O–H groups in total. The summed E-state index contributed by atoms with van der Waals surface area (Å²) in [6.07, 6.45) is 5.46. The van der Waals surface area contributed by atoms with E-state index in [9.17, 15) is 4.79 Å². The third-order valence-electron chi connectivity index (χ3n) is 6.82. The fraction of sp³-hybridized carbons (Fsp3) is 0.241. The first kappa shape index (κ1) is 25.6. The Morgan fingerprint density at radius 3 is 2.53 bits per heavy atom. The van der Waals surface area contributed by atoms with Crippen molar-refractivity contribution in [3.8, 4) is 0 Å². The molecule has 1 amide bonds. The van der Waals surface area contributed by atoms with E-state index in [1.54, 1.807) is 0 Å². The van der Waals surface area contributed by atoms with Gasteiger partial charge in [0, 0.05) is 55.0 Å². The van der Waals surface area contributed by atoms with Gasteiger partial charge in [0.15, 0.2) is 5.11 Å². The highest BCUT2D eigenvalue weighted by atomic mass is 32.1. The molecule has 0 unspecified atom stereocenters. The van der Waals surface area contributed by atoms with Crippen LogP contribution in [0.25, 0.3) is 0 Å². The van der Waals surface area contributed by atoms with Crippen LogP contribution in [0, 0.1) is 13.8 Å². The second-order valence-electron chi connectivity index (χ2n) is 9.29. The summed E-state index contributed by atoms with van der Waals surface area (Å²) in [6, 6.07) is 19.7. The molecule has 194 valence electrons. The van der Waals surface area contributed by atoms with Crippen LogP contribution in [0.15, 0.2) is 79.3 Å². The van der Waals surface area contributed by atoms with E-state index in [2.05, 4.69) is 50.0 Å². The highest BCUT2D eigenvalue weighted by Gasteiger charge is 2.42. The molecule has 0 spiro atoms. The minimum atomic E-state index is -0.201. The zero-order valence-electron chi connectivity index (χ0n) is 21.6. The molecule has 5 rings (SSSR count). The number of benzene rings is 1. The molecule has 1 aliphatic rings. The fourth-order valence-electron chi connectivity index (χ4n) is 5.02. The normalized spacial score (nSPS) is 16.9. The van der Waals surface area contributed by atoms with Gasteiger partial charge in [-0.2, -0.15) is 0 Å². The topological polar surface area (TPSA) is 84.3 Å². The number of amides is 1. The molecule has 38 heavy (non-hydrogen) atoms. The van der Waals surface area contributed by atoms with Gasteiger partial charge in [-0.15, -0.1) is 0 Å². The second-order valence-corrected chi connectivity index (χ2v) is 9.68. The Kier molecular flexibility index (Phi) is 7.48. The fourth-order valence-corrected chi connectivity index (χ4v) is 5.37. The van der Waals surface area contributed by atoms with Gasteiger partial charge in [-0.1, -0.05) is 6.07 Å². The lowest BCUT2D eigenvalue weighted by molar-refractivity contribution is -0.119. The Bertz CT molecular complexity index is 1420. The van der Waals surface area contributed by atoms with E-state index < -0.39 is 0 Å². The number of ether oxygens (including phenoxy) is 1. The number of aromatic nitrogens is 3. The third kappa shape index (κ3) is 5.16. The summed E-state index contributed by atoms with van der Waals surface area (Å²) >= 11 is 5.89. The predicted molar refractivity (Wildman–Crippen MR) is 152 cm³/mol. The SMILES string of the molecule is COCC(=O)Nc1ccc(N2C(=S)N[C@H](c3ccccn3)[C@@H]2c2cc(C)n(Cc3ccncc3)c2C)cc1. The maximum absolute atomic E-state index is 12.0. The Balaban J connectivity index is 1.54. The molecule has 0 aliphatic carbocycles. The third-order valence-corrected chi connectivity index (χ3v) is 7.14. The molecule has 0 saturated carbocycles. The van der Waals surface area contributed by atoms with E-state index in [-0.39, 0.29) is 24.6 Å². The molecule has 2 atom stereocenters. The number of methoxy groups -OCH3 is 1. The first-order valence-corrected chi connectivity index (χ1v) is 12.8. The Labute approximate surface area is 227 Å². The van der Waals surface area contributed by atoms with Crippen LogP contribution in [-0.4, -0.2) is 39.3 Å². The molecule has 3 aromatic heterocycles. The summed E-state index contributed by atoms with van der Waals surface area (Å²) in [4.78, 5) is 22.9. The molecule has 1 fully saturated rings. The summed E-state index contributed by atoms with van der Waals surface area (Å²) in [5.41, 5.74) is 7.25. The van der Waals surface area contributed by atoms with Crippen molar-refractivity contribution >= 4 is 34.6 Å². The van der Waals surface area contributed by atoms with Crippen LogP contribution in [0.2, 0.25) is 0 Å². The lowest BCUT2D eigenvalue weighted by Crippen LogP contribution is -2.29. The number of carbonyl (C=O) groups is 1. The van der Waals surface area contributed by atoms with Gasteiger partial charge in [0.05, 0.1) is 17.8 Å². The van der Waals surface area contributed by atoms with Gasteiger partial charge in [0.2, 0.25) is 5.91 Å². The van der Waals surface area contributed by atoms with E-state index in [1.807, 2.05) is 73.2 Å². The van der Waals surface area contributed by atoms with Crippen molar-refractivity contribution in [2.24, 2.45) is 0 Å². The molecule has 9 heteroatoms. The Morgan fingerprint density at radius 1 is 1.08 bits per heavy atom. The molecule has 0 radical (unpaired) electrons. The lowest BCUT2D eigenvalue weighted by Gasteiger charge is -2.28. The van der Waals surface area contributed by atoms with E-state index in [0.717, 1.165) is 17.9 Å². The molecule has 1 aromatic carbocycles. The summed E-state index contributed by atoms with van der Waals surface area (Å²) in [5, 5.41) is 7.00. The average Bonchev–Trinajstić information content (AvgIpc) is 3.41. The van der Waals surface area contributed by atoms with Gasteiger partial charge in [-0.05, 0) is 91.8 Å². The van der Waals surface area contributed by atoms with Crippen LogP contribution in [-0.2, 0) is 16.1 Å². The standard InChI is InChI=1S/C29H30N6O2S/c1-19-16-24(20(2)34(19)17-21-11-14-30-15-12-21)28-27(25-6-4-5-13-31-25)33-29(38)35(28)23-9-7-22(8-10-23)32-26(36)18-37-3/h4-16,27-28H,17-18H2,1-3H3,(H,32,36)(H,33,38)/t27-,28+/m1/s1. The zero-order chi connectivity index (χ0) is 26.6. The van der Waals surface area contributed by atoms with E-state index in [4.69, 9.17) is 17.0 Å². The maximum Gasteiger partial charge on any atom is 0.250 e. The largest absolute Gasteiger partial charge is 0.375 e. The maximum atomic E-state index is 12.0. The van der Waals surface area contributed by atoms with Crippen LogP contribution in [0.1, 0.15) is 40.3 Å². The quantitative estimate of drug-likeness (QED) is 0.322. The number of thiocarbonyl (C=S) groups is 1. The van der Waals surface area contributed by atoms with Crippen molar-refractivity contribution in [1.82, 2.24) is 19.9 Å². The molecule has 0 bridgehead atoms. The summed E-state index contributed by atoms with van der Waals surface area (Å²) < 4.78 is 7.24. The molecule has 4 aromatic rings. The molecule has 1 saturated heterocycles. The van der Waals surface area contributed by atoms with Gasteiger partial charge in [0.25, 0.3) is 0 Å². The second kappa shape index (κ2) is 11.1.